The third-order valence-electron chi connectivity index (χ3n) is 6.20. The Morgan fingerprint density at radius 3 is 2.55 bits per heavy atom. The number of nitrogens with one attached hydrogen (secondary N) is 1. The van der Waals surface area contributed by atoms with Crippen LogP contribution in [0, 0.1) is 22.0 Å². The van der Waals surface area contributed by atoms with E-state index in [2.05, 4.69) is 5.32 Å². The van der Waals surface area contributed by atoms with Gasteiger partial charge in [0.2, 0.25) is 11.8 Å². The molecule has 4 atom stereocenters. The van der Waals surface area contributed by atoms with Crippen LogP contribution in [0.3, 0.4) is 0 Å². The molecule has 0 aromatic heterocycles. The van der Waals surface area contributed by atoms with Crippen LogP contribution in [0.15, 0.2) is 66.7 Å². The molecular weight excluding hydrogens is 430 g/mol. The van der Waals surface area contributed by atoms with Gasteiger partial charge in [-0.05, 0) is 17.7 Å². The predicted octanol–water partition coefficient (Wildman–Crippen LogP) is 2.33. The zero-order chi connectivity index (χ0) is 23.2. The van der Waals surface area contributed by atoms with Crippen LogP contribution in [0.5, 0.6) is 0 Å². The molecule has 2 aromatic carbocycles. The van der Waals surface area contributed by atoms with Crippen LogP contribution in [0.25, 0.3) is 0 Å². The molecular formula is C23H19N3O7. The minimum absolute atomic E-state index is 0.0398. The second kappa shape index (κ2) is 7.82. The van der Waals surface area contributed by atoms with Crippen LogP contribution in [0.1, 0.15) is 5.56 Å². The summed E-state index contributed by atoms with van der Waals surface area (Å²) in [6.07, 6.45) is 2.18. The van der Waals surface area contributed by atoms with Crippen molar-refractivity contribution in [1.82, 2.24) is 5.32 Å². The molecule has 5 rings (SSSR count). The molecule has 2 bridgehead atoms. The van der Waals surface area contributed by atoms with Crippen molar-refractivity contribution in [3.05, 3.63) is 82.4 Å². The van der Waals surface area contributed by atoms with E-state index in [1.54, 1.807) is 12.2 Å². The number of anilines is 1. The third kappa shape index (κ3) is 3.44. The minimum Gasteiger partial charge on any atom is -0.445 e. The Balaban J connectivity index is 1.29. The van der Waals surface area contributed by atoms with Crippen molar-refractivity contribution in [2.75, 3.05) is 11.4 Å². The molecule has 2 aromatic rings. The quantitative estimate of drug-likeness (QED) is 0.310. The Morgan fingerprint density at radius 1 is 1.12 bits per heavy atom. The zero-order valence-corrected chi connectivity index (χ0v) is 17.2. The smallest absolute Gasteiger partial charge is 0.407 e. The molecule has 0 radical (unpaired) electrons. The Morgan fingerprint density at radius 2 is 1.85 bits per heavy atom. The van der Waals surface area contributed by atoms with Gasteiger partial charge >= 0.3 is 6.09 Å². The van der Waals surface area contributed by atoms with Crippen LogP contribution in [-0.4, -0.2) is 41.1 Å². The maximum absolute atomic E-state index is 13.3. The van der Waals surface area contributed by atoms with Gasteiger partial charge in [-0.1, -0.05) is 42.5 Å². The maximum atomic E-state index is 13.3. The van der Waals surface area contributed by atoms with Crippen molar-refractivity contribution in [1.29, 1.82) is 0 Å². The highest BCUT2D eigenvalue weighted by molar-refractivity contribution is 6.23. The molecule has 168 valence electrons. The topological polar surface area (TPSA) is 128 Å². The molecule has 3 heterocycles. The average Bonchev–Trinajstić information content (AvgIpc) is 3.47. The molecule has 3 aliphatic rings. The third-order valence-corrected chi connectivity index (χ3v) is 6.20. The van der Waals surface area contributed by atoms with E-state index in [0.29, 0.717) is 0 Å². The van der Waals surface area contributed by atoms with E-state index < -0.39 is 46.4 Å². The Labute approximate surface area is 187 Å². The van der Waals surface area contributed by atoms with Gasteiger partial charge < -0.3 is 14.8 Å². The minimum atomic E-state index is -1.16. The summed E-state index contributed by atoms with van der Waals surface area (Å²) in [5, 5.41) is 13.5. The second-order valence-corrected chi connectivity index (χ2v) is 8.10. The standard InChI is InChI=1S/C23H19N3O7/c27-20-18-17-10-11-23(33-17,13-24-22(29)32-12-14-4-2-1-3-5-14)19(18)21(28)25(20)15-6-8-16(9-7-15)26(30)31/h1-11,17-19H,12-13H2,(H,24,29). The number of carbonyl (C=O) groups excluding carboxylic acids is 3. The van der Waals surface area contributed by atoms with Crippen LogP contribution in [-0.2, 0) is 25.7 Å². The van der Waals surface area contributed by atoms with Gasteiger partial charge in [0.05, 0.1) is 35.1 Å². The second-order valence-electron chi connectivity index (χ2n) is 8.10. The molecule has 1 N–H and O–H groups in total. The molecule has 2 fully saturated rings. The number of fused-ring (bicyclic) bond motifs is 5. The number of imide groups is 1. The molecule has 3 aliphatic heterocycles. The summed E-state index contributed by atoms with van der Waals surface area (Å²) in [6.45, 7) is 0.0539. The number of carbonyl (C=O) groups is 3. The normalized spacial score (nSPS) is 27.0. The lowest BCUT2D eigenvalue weighted by Gasteiger charge is -2.28. The SMILES string of the molecule is O=C(NCC12C=CC(O1)C1C(=O)N(c3ccc([N+](=O)[O-])cc3)C(=O)C12)OCc1ccccc1. The van der Waals surface area contributed by atoms with Gasteiger partial charge in [-0.25, -0.2) is 9.69 Å². The number of alkyl carbamates (subject to hydrolysis) is 1. The van der Waals surface area contributed by atoms with Crippen LogP contribution in [0.4, 0.5) is 16.2 Å². The van der Waals surface area contributed by atoms with E-state index in [1.807, 2.05) is 30.3 Å². The highest BCUT2D eigenvalue weighted by Gasteiger charge is 2.67. The highest BCUT2D eigenvalue weighted by Crippen LogP contribution is 2.52. The first-order chi connectivity index (χ1) is 15.9. The van der Waals surface area contributed by atoms with E-state index in [4.69, 9.17) is 9.47 Å². The molecule has 2 saturated heterocycles. The fourth-order valence-corrected chi connectivity index (χ4v) is 4.67. The molecule has 0 spiro atoms. The summed E-state index contributed by atoms with van der Waals surface area (Å²) in [6, 6.07) is 14.4. The molecule has 3 amide bonds. The van der Waals surface area contributed by atoms with Gasteiger partial charge in [-0.2, -0.15) is 0 Å². The summed E-state index contributed by atoms with van der Waals surface area (Å²) in [5.41, 5.74) is -0.213. The lowest BCUT2D eigenvalue weighted by Crippen LogP contribution is -2.49. The van der Waals surface area contributed by atoms with Gasteiger partial charge in [0, 0.05) is 12.1 Å². The first kappa shape index (κ1) is 20.8. The first-order valence-electron chi connectivity index (χ1n) is 10.3. The monoisotopic (exact) mass is 449 g/mol. The van der Waals surface area contributed by atoms with Crippen molar-refractivity contribution < 1.29 is 28.8 Å². The summed E-state index contributed by atoms with van der Waals surface area (Å²) < 4.78 is 11.2. The summed E-state index contributed by atoms with van der Waals surface area (Å²) in [5.74, 6) is -2.43. The van der Waals surface area contributed by atoms with E-state index >= 15 is 0 Å². The van der Waals surface area contributed by atoms with E-state index in [1.165, 1.54) is 24.3 Å². The Kier molecular flexibility index (Phi) is 4.94. The molecule has 10 heteroatoms. The fourth-order valence-electron chi connectivity index (χ4n) is 4.67. The van der Waals surface area contributed by atoms with E-state index in [-0.39, 0.29) is 24.5 Å². The number of benzene rings is 2. The number of rotatable bonds is 6. The summed E-state index contributed by atoms with van der Waals surface area (Å²) in [7, 11) is 0. The molecule has 10 nitrogen and oxygen atoms in total. The number of hydrogen-bond donors (Lipinski definition) is 1. The molecule has 0 aliphatic carbocycles. The van der Waals surface area contributed by atoms with Crippen molar-refractivity contribution in [3.8, 4) is 0 Å². The molecule has 0 saturated carbocycles. The Hall–Kier alpha value is -4.05. The number of ether oxygens (including phenoxy) is 2. The van der Waals surface area contributed by atoms with Crippen LogP contribution < -0.4 is 10.2 Å². The number of amides is 3. The number of nitro groups is 1. The first-order valence-corrected chi connectivity index (χ1v) is 10.3. The number of non-ortho nitro benzene ring substituents is 1. The zero-order valence-electron chi connectivity index (χ0n) is 17.2. The number of nitro benzene ring substituents is 1. The maximum Gasteiger partial charge on any atom is 0.407 e. The van der Waals surface area contributed by atoms with Gasteiger partial charge in [0.15, 0.2) is 0 Å². The van der Waals surface area contributed by atoms with Crippen LogP contribution >= 0.6 is 0 Å². The lowest BCUT2D eigenvalue weighted by molar-refractivity contribution is -0.384. The van der Waals surface area contributed by atoms with E-state index in [9.17, 15) is 24.5 Å². The predicted molar refractivity (Wildman–Crippen MR) is 114 cm³/mol. The highest BCUT2D eigenvalue weighted by atomic mass is 16.6. The Bertz CT molecular complexity index is 1160. The van der Waals surface area contributed by atoms with Crippen LogP contribution in [0.2, 0.25) is 0 Å². The summed E-state index contributed by atoms with van der Waals surface area (Å²) in [4.78, 5) is 50.0. The molecule has 4 unspecified atom stereocenters. The summed E-state index contributed by atoms with van der Waals surface area (Å²) >= 11 is 0. The van der Waals surface area contributed by atoms with E-state index in [0.717, 1.165) is 10.5 Å². The van der Waals surface area contributed by atoms with Crippen molar-refractivity contribution >= 4 is 29.3 Å². The van der Waals surface area contributed by atoms with Gasteiger partial charge in [-0.15, -0.1) is 0 Å². The van der Waals surface area contributed by atoms with Gasteiger partial charge in [0.1, 0.15) is 12.2 Å². The average molecular weight is 449 g/mol. The number of nitrogens with zero attached hydrogens (tertiary/aromatic N) is 2. The largest absolute Gasteiger partial charge is 0.445 e. The number of hydrogen-bond acceptors (Lipinski definition) is 7. The van der Waals surface area contributed by atoms with Crippen molar-refractivity contribution in [2.45, 2.75) is 18.3 Å². The molecule has 33 heavy (non-hydrogen) atoms. The van der Waals surface area contributed by atoms with Crippen molar-refractivity contribution in [3.63, 3.8) is 0 Å². The van der Waals surface area contributed by atoms with Crippen molar-refractivity contribution in [2.24, 2.45) is 11.8 Å². The fraction of sp³-hybridized carbons (Fsp3) is 0.261. The van der Waals surface area contributed by atoms with Gasteiger partial charge in [-0.3, -0.25) is 19.7 Å². The van der Waals surface area contributed by atoms with Gasteiger partial charge in [0.25, 0.3) is 5.69 Å². The lowest BCUT2D eigenvalue weighted by atomic mass is 9.77.